The van der Waals surface area contributed by atoms with E-state index >= 15 is 0 Å². The van der Waals surface area contributed by atoms with Gasteiger partial charge in [0.1, 0.15) is 0 Å². The van der Waals surface area contributed by atoms with Gasteiger partial charge >= 0.3 is 6.18 Å². The summed E-state index contributed by atoms with van der Waals surface area (Å²) in [4.78, 5) is 0. The highest BCUT2D eigenvalue weighted by Crippen LogP contribution is 2.54. The molecule has 0 spiro atoms. The van der Waals surface area contributed by atoms with Crippen LogP contribution in [-0.2, 0) is 5.41 Å². The van der Waals surface area contributed by atoms with Crippen molar-refractivity contribution < 1.29 is 27.4 Å². The number of halogens is 4. The molecule has 0 heterocycles. The smallest absolute Gasteiger partial charge is 0.419 e. The van der Waals surface area contributed by atoms with Gasteiger partial charge in [0.15, 0.2) is 17.2 Å². The van der Waals surface area contributed by atoms with Gasteiger partial charge in [0.2, 0.25) is 0 Å². The van der Waals surface area contributed by atoms with E-state index in [2.05, 4.69) is 0 Å². The number of rotatable bonds is 1. The molecule has 3 N–H and O–H groups in total. The number of ether oxygens (including phenoxy) is 1. The summed E-state index contributed by atoms with van der Waals surface area (Å²) < 4.78 is 58.5. The normalized spacial score (nSPS) is 28.1. The van der Waals surface area contributed by atoms with Crippen LogP contribution in [0, 0.1) is 5.82 Å². The van der Waals surface area contributed by atoms with Crippen LogP contribution in [0.1, 0.15) is 37.4 Å². The molecule has 1 aromatic carbocycles. The first-order valence-electron chi connectivity index (χ1n) is 6.37. The molecule has 2 rings (SSSR count). The second-order valence-corrected chi connectivity index (χ2v) is 6.01. The lowest BCUT2D eigenvalue weighted by Gasteiger charge is -2.47. The fraction of sp³-hybridized carbons (Fsp3) is 0.571. The van der Waals surface area contributed by atoms with E-state index in [9.17, 15) is 22.7 Å². The molecule has 1 aliphatic rings. The van der Waals surface area contributed by atoms with Gasteiger partial charge in [0.25, 0.3) is 0 Å². The standard InChI is InChI=1S/C14H17F4NO2/c1-12(2)6-13(20,14(16,17)18)11(19)7-4-5-8(15)10(21-3)9(7)12/h4-5,11,20H,6,19H2,1-3H3/t11-,13+/m0/s1. The summed E-state index contributed by atoms with van der Waals surface area (Å²) in [7, 11) is 1.24. The molecule has 118 valence electrons. The molecule has 0 bridgehead atoms. The third-order valence-electron chi connectivity index (χ3n) is 4.07. The van der Waals surface area contributed by atoms with Crippen LogP contribution in [0.3, 0.4) is 0 Å². The zero-order chi connectivity index (χ0) is 16.2. The van der Waals surface area contributed by atoms with Crippen LogP contribution >= 0.6 is 0 Å². The van der Waals surface area contributed by atoms with Gasteiger partial charge in [-0.2, -0.15) is 13.2 Å². The maximum atomic E-state index is 13.8. The van der Waals surface area contributed by atoms with Crippen LogP contribution in [0.15, 0.2) is 12.1 Å². The first-order chi connectivity index (χ1) is 9.45. The van der Waals surface area contributed by atoms with Gasteiger partial charge < -0.3 is 15.6 Å². The highest BCUT2D eigenvalue weighted by molar-refractivity contribution is 5.51. The van der Waals surface area contributed by atoms with Crippen LogP contribution in [0.4, 0.5) is 17.6 Å². The Labute approximate surface area is 119 Å². The fourth-order valence-electron chi connectivity index (χ4n) is 3.14. The Balaban J connectivity index is 2.74. The number of hydrogen-bond donors (Lipinski definition) is 2. The third kappa shape index (κ3) is 2.19. The van der Waals surface area contributed by atoms with Gasteiger partial charge in [-0.1, -0.05) is 19.9 Å². The van der Waals surface area contributed by atoms with Gasteiger partial charge in [-0.15, -0.1) is 0 Å². The van der Waals surface area contributed by atoms with Gasteiger partial charge in [-0.25, -0.2) is 4.39 Å². The minimum atomic E-state index is -4.89. The van der Waals surface area contributed by atoms with E-state index in [4.69, 9.17) is 10.5 Å². The highest BCUT2D eigenvalue weighted by atomic mass is 19.4. The molecule has 1 aliphatic carbocycles. The summed E-state index contributed by atoms with van der Waals surface area (Å²) in [5, 5.41) is 10.1. The van der Waals surface area contributed by atoms with Gasteiger partial charge in [0, 0.05) is 5.56 Å². The van der Waals surface area contributed by atoms with Crippen molar-refractivity contribution in [1.29, 1.82) is 0 Å². The molecular weight excluding hydrogens is 290 g/mol. The predicted octanol–water partition coefficient (Wildman–Crippen LogP) is 2.81. The summed E-state index contributed by atoms with van der Waals surface area (Å²) >= 11 is 0. The van der Waals surface area contributed by atoms with Crippen LogP contribution in [-0.4, -0.2) is 24.0 Å². The average molecular weight is 307 g/mol. The van der Waals surface area contributed by atoms with Crippen molar-refractivity contribution in [3.05, 3.63) is 29.1 Å². The van der Waals surface area contributed by atoms with Crippen LogP contribution in [0.5, 0.6) is 5.75 Å². The number of alkyl halides is 3. The van der Waals surface area contributed by atoms with Crippen LogP contribution < -0.4 is 10.5 Å². The highest BCUT2D eigenvalue weighted by Gasteiger charge is 2.63. The Hall–Kier alpha value is -1.34. The lowest BCUT2D eigenvalue weighted by Crippen LogP contribution is -2.59. The van der Waals surface area contributed by atoms with Crippen molar-refractivity contribution in [2.24, 2.45) is 5.73 Å². The second kappa shape index (κ2) is 4.58. The monoisotopic (exact) mass is 307 g/mol. The number of fused-ring (bicyclic) bond motifs is 1. The molecule has 0 saturated heterocycles. The van der Waals surface area contributed by atoms with Crippen molar-refractivity contribution in [2.75, 3.05) is 7.11 Å². The van der Waals surface area contributed by atoms with Crippen molar-refractivity contribution in [3.63, 3.8) is 0 Å². The number of hydrogen-bond acceptors (Lipinski definition) is 3. The van der Waals surface area contributed by atoms with E-state index in [1.807, 2.05) is 0 Å². The lowest BCUT2D eigenvalue weighted by atomic mass is 9.63. The second-order valence-electron chi connectivity index (χ2n) is 6.01. The molecule has 0 aromatic heterocycles. The van der Waals surface area contributed by atoms with E-state index in [0.717, 1.165) is 6.07 Å². The SMILES string of the molecule is COc1c(F)ccc2c1C(C)(C)C[C@](O)(C(F)(F)F)[C@H]2N. The summed E-state index contributed by atoms with van der Waals surface area (Å²) in [6, 6.07) is 0.473. The first kappa shape index (κ1) is 16.0. The van der Waals surface area contributed by atoms with Crippen LogP contribution in [0.25, 0.3) is 0 Å². The van der Waals surface area contributed by atoms with E-state index in [1.165, 1.54) is 27.0 Å². The van der Waals surface area contributed by atoms with Crippen molar-refractivity contribution in [3.8, 4) is 5.75 Å². The Morgan fingerprint density at radius 2 is 1.90 bits per heavy atom. The Kier molecular flexibility index (Phi) is 3.50. The van der Waals surface area contributed by atoms with E-state index in [-0.39, 0.29) is 16.9 Å². The average Bonchev–Trinajstić information content (AvgIpc) is 2.34. The lowest BCUT2D eigenvalue weighted by molar-refractivity contribution is -0.278. The van der Waals surface area contributed by atoms with E-state index < -0.39 is 35.5 Å². The van der Waals surface area contributed by atoms with Crippen molar-refractivity contribution >= 4 is 0 Å². The number of methoxy groups -OCH3 is 1. The summed E-state index contributed by atoms with van der Waals surface area (Å²) in [5.41, 5.74) is 1.76. The maximum Gasteiger partial charge on any atom is 0.419 e. The molecule has 2 atom stereocenters. The van der Waals surface area contributed by atoms with Crippen molar-refractivity contribution in [2.45, 2.75) is 43.5 Å². The van der Waals surface area contributed by atoms with E-state index in [0.29, 0.717) is 0 Å². The van der Waals surface area contributed by atoms with Gasteiger partial charge in [0.05, 0.1) is 13.2 Å². The topological polar surface area (TPSA) is 55.5 Å². The Morgan fingerprint density at radius 1 is 1.33 bits per heavy atom. The van der Waals surface area contributed by atoms with Gasteiger partial charge in [-0.3, -0.25) is 0 Å². The zero-order valence-corrected chi connectivity index (χ0v) is 11.9. The van der Waals surface area contributed by atoms with Crippen molar-refractivity contribution in [1.82, 2.24) is 0 Å². The maximum absolute atomic E-state index is 13.8. The Morgan fingerprint density at radius 3 is 2.38 bits per heavy atom. The molecule has 7 heteroatoms. The van der Waals surface area contributed by atoms with E-state index in [1.54, 1.807) is 0 Å². The molecule has 1 aromatic rings. The number of nitrogens with two attached hydrogens (primary N) is 1. The zero-order valence-electron chi connectivity index (χ0n) is 11.9. The molecule has 0 aliphatic heterocycles. The molecule has 0 fully saturated rings. The molecule has 0 saturated carbocycles. The fourth-order valence-corrected chi connectivity index (χ4v) is 3.14. The molecule has 0 radical (unpaired) electrons. The molecule has 0 unspecified atom stereocenters. The minimum Gasteiger partial charge on any atom is -0.493 e. The number of benzene rings is 1. The largest absolute Gasteiger partial charge is 0.493 e. The molecular formula is C14H17F4NO2. The summed E-state index contributed by atoms with van der Waals surface area (Å²) in [6.07, 6.45) is -5.56. The molecule has 3 nitrogen and oxygen atoms in total. The molecule has 21 heavy (non-hydrogen) atoms. The quantitative estimate of drug-likeness (QED) is 0.785. The van der Waals surface area contributed by atoms with Crippen LogP contribution in [0.2, 0.25) is 0 Å². The minimum absolute atomic E-state index is 0.0457. The Bertz CT molecular complexity index is 571. The summed E-state index contributed by atoms with van der Waals surface area (Å²) in [6.45, 7) is 2.99. The third-order valence-corrected chi connectivity index (χ3v) is 4.07. The predicted molar refractivity (Wildman–Crippen MR) is 68.5 cm³/mol. The number of aliphatic hydroxyl groups is 1. The van der Waals surface area contributed by atoms with Gasteiger partial charge in [-0.05, 0) is 23.5 Å². The molecule has 0 amide bonds. The summed E-state index contributed by atoms with van der Waals surface area (Å²) in [5.74, 6) is -0.800. The first-order valence-corrected chi connectivity index (χ1v) is 6.37.